The number of fused-ring (bicyclic) bond motifs is 1. The molecule has 2 aromatic rings. The first-order chi connectivity index (χ1) is 12.9. The SMILES string of the molecule is COc1ccc(Oc2c(C)cc([N+](=O)[O-])c3c2CCC3)c(OC)c1C(C)=O. The van der Waals surface area contributed by atoms with E-state index in [1.165, 1.54) is 21.1 Å². The van der Waals surface area contributed by atoms with E-state index in [-0.39, 0.29) is 22.1 Å². The van der Waals surface area contributed by atoms with Crippen molar-refractivity contribution < 1.29 is 23.9 Å². The molecule has 0 unspecified atom stereocenters. The highest BCUT2D eigenvalue weighted by atomic mass is 16.6. The monoisotopic (exact) mass is 371 g/mol. The van der Waals surface area contributed by atoms with Gasteiger partial charge in [-0.05, 0) is 50.8 Å². The Morgan fingerprint density at radius 2 is 1.74 bits per heavy atom. The number of nitro groups is 1. The van der Waals surface area contributed by atoms with Crippen molar-refractivity contribution in [2.75, 3.05) is 14.2 Å². The molecule has 0 atom stereocenters. The van der Waals surface area contributed by atoms with Crippen LogP contribution in [0.4, 0.5) is 5.69 Å². The summed E-state index contributed by atoms with van der Waals surface area (Å²) in [6, 6.07) is 4.86. The number of rotatable bonds is 6. The highest BCUT2D eigenvalue weighted by molar-refractivity contribution is 6.00. The van der Waals surface area contributed by atoms with E-state index in [1.54, 1.807) is 25.1 Å². The summed E-state index contributed by atoms with van der Waals surface area (Å²) in [7, 11) is 2.94. The maximum absolute atomic E-state index is 12.1. The molecule has 0 spiro atoms. The molecule has 7 heteroatoms. The van der Waals surface area contributed by atoms with E-state index >= 15 is 0 Å². The first-order valence-corrected chi connectivity index (χ1v) is 8.62. The number of methoxy groups -OCH3 is 2. The number of carbonyl (C=O) groups excluding carboxylic acids is 1. The summed E-state index contributed by atoms with van der Waals surface area (Å²) >= 11 is 0. The predicted octanol–water partition coefficient (Wildman–Crippen LogP) is 4.40. The summed E-state index contributed by atoms with van der Waals surface area (Å²) < 4.78 is 16.8. The summed E-state index contributed by atoms with van der Waals surface area (Å²) in [5, 5.41) is 11.4. The number of nitrogens with zero attached hydrogens (tertiary/aromatic N) is 1. The van der Waals surface area contributed by atoms with Gasteiger partial charge in [-0.1, -0.05) is 0 Å². The lowest BCUT2D eigenvalue weighted by Crippen LogP contribution is -2.05. The Hall–Kier alpha value is -3.09. The first-order valence-electron chi connectivity index (χ1n) is 8.62. The lowest BCUT2D eigenvalue weighted by molar-refractivity contribution is -0.385. The molecule has 1 aliphatic carbocycles. The summed E-state index contributed by atoms with van der Waals surface area (Å²) in [5.74, 6) is 1.43. The van der Waals surface area contributed by atoms with Gasteiger partial charge in [0.1, 0.15) is 17.1 Å². The maximum atomic E-state index is 12.1. The molecule has 0 aromatic heterocycles. The van der Waals surface area contributed by atoms with Gasteiger partial charge < -0.3 is 14.2 Å². The largest absolute Gasteiger partial charge is 0.496 e. The fraction of sp³-hybridized carbons (Fsp3) is 0.350. The molecule has 0 bridgehead atoms. The standard InChI is InChI=1S/C20H21NO6/c1-11-10-15(21(23)24)13-6-5-7-14(13)19(11)27-17-9-8-16(25-3)18(12(2)22)20(17)26-4/h8-10H,5-7H2,1-4H3. The summed E-state index contributed by atoms with van der Waals surface area (Å²) in [6.07, 6.45) is 2.21. The smallest absolute Gasteiger partial charge is 0.273 e. The fourth-order valence-corrected chi connectivity index (χ4v) is 3.62. The lowest BCUT2D eigenvalue weighted by Gasteiger charge is -2.18. The van der Waals surface area contributed by atoms with E-state index in [9.17, 15) is 14.9 Å². The Morgan fingerprint density at radius 3 is 2.33 bits per heavy atom. The minimum absolute atomic E-state index is 0.137. The molecule has 27 heavy (non-hydrogen) atoms. The Bertz CT molecular complexity index is 935. The highest BCUT2D eigenvalue weighted by Crippen LogP contribution is 2.45. The quantitative estimate of drug-likeness (QED) is 0.425. The minimum atomic E-state index is -0.344. The van der Waals surface area contributed by atoms with E-state index in [1.807, 2.05) is 0 Å². The molecule has 0 saturated heterocycles. The topological polar surface area (TPSA) is 87.9 Å². The molecule has 7 nitrogen and oxygen atoms in total. The van der Waals surface area contributed by atoms with Gasteiger partial charge in [0.2, 0.25) is 0 Å². The Morgan fingerprint density at radius 1 is 1.07 bits per heavy atom. The van der Waals surface area contributed by atoms with Gasteiger partial charge in [-0.15, -0.1) is 0 Å². The van der Waals surface area contributed by atoms with Crippen molar-refractivity contribution >= 4 is 11.5 Å². The number of hydrogen-bond acceptors (Lipinski definition) is 6. The van der Waals surface area contributed by atoms with Crippen molar-refractivity contribution in [1.29, 1.82) is 0 Å². The lowest BCUT2D eigenvalue weighted by atomic mass is 10.0. The third-order valence-electron chi connectivity index (χ3n) is 4.78. The van der Waals surface area contributed by atoms with E-state index in [0.29, 0.717) is 41.2 Å². The van der Waals surface area contributed by atoms with Gasteiger partial charge in [0, 0.05) is 17.2 Å². The molecule has 3 rings (SSSR count). The second kappa shape index (κ2) is 7.26. The molecule has 0 saturated carbocycles. The van der Waals surface area contributed by atoms with E-state index < -0.39 is 0 Å². The van der Waals surface area contributed by atoms with Gasteiger partial charge in [0.25, 0.3) is 5.69 Å². The minimum Gasteiger partial charge on any atom is -0.496 e. The number of Topliss-reactive ketones (excluding diaryl/α,β-unsaturated/α-hetero) is 1. The van der Waals surface area contributed by atoms with Gasteiger partial charge in [-0.2, -0.15) is 0 Å². The average molecular weight is 371 g/mol. The number of ether oxygens (including phenoxy) is 3. The van der Waals surface area contributed by atoms with Crippen LogP contribution in [0.2, 0.25) is 0 Å². The van der Waals surface area contributed by atoms with Crippen LogP contribution in [0.3, 0.4) is 0 Å². The normalized spacial score (nSPS) is 12.4. The molecule has 1 aliphatic rings. The molecule has 2 aromatic carbocycles. The Kier molecular flexibility index (Phi) is 5.03. The van der Waals surface area contributed by atoms with Gasteiger partial charge in [-0.3, -0.25) is 14.9 Å². The molecule has 0 radical (unpaired) electrons. The van der Waals surface area contributed by atoms with Crippen molar-refractivity contribution in [3.8, 4) is 23.0 Å². The van der Waals surface area contributed by atoms with Crippen LogP contribution in [0.5, 0.6) is 23.0 Å². The number of carbonyl (C=O) groups is 1. The molecule has 0 heterocycles. The third-order valence-corrected chi connectivity index (χ3v) is 4.78. The zero-order chi connectivity index (χ0) is 19.7. The average Bonchev–Trinajstić information content (AvgIpc) is 3.12. The zero-order valence-corrected chi connectivity index (χ0v) is 15.8. The first kappa shape index (κ1) is 18.7. The molecule has 0 fully saturated rings. The molecule has 0 amide bonds. The fourth-order valence-electron chi connectivity index (χ4n) is 3.62. The second-order valence-electron chi connectivity index (χ2n) is 6.44. The van der Waals surface area contributed by atoms with Crippen molar-refractivity contribution in [3.63, 3.8) is 0 Å². The van der Waals surface area contributed by atoms with Crippen molar-refractivity contribution in [3.05, 3.63) is 50.6 Å². The van der Waals surface area contributed by atoms with Crippen LogP contribution in [0, 0.1) is 17.0 Å². The summed E-state index contributed by atoms with van der Waals surface area (Å²) in [4.78, 5) is 23.1. The summed E-state index contributed by atoms with van der Waals surface area (Å²) in [5.41, 5.74) is 2.68. The number of ketones is 1. The van der Waals surface area contributed by atoms with E-state index in [4.69, 9.17) is 14.2 Å². The predicted molar refractivity (Wildman–Crippen MR) is 99.5 cm³/mol. The maximum Gasteiger partial charge on any atom is 0.273 e. The number of hydrogen-bond donors (Lipinski definition) is 0. The Balaban J connectivity index is 2.14. The second-order valence-corrected chi connectivity index (χ2v) is 6.44. The third kappa shape index (κ3) is 3.20. The Labute approximate surface area is 157 Å². The van der Waals surface area contributed by atoms with Crippen LogP contribution in [-0.4, -0.2) is 24.9 Å². The van der Waals surface area contributed by atoms with Crippen molar-refractivity contribution in [1.82, 2.24) is 0 Å². The van der Waals surface area contributed by atoms with Crippen LogP contribution in [-0.2, 0) is 12.8 Å². The van der Waals surface area contributed by atoms with Crippen LogP contribution < -0.4 is 14.2 Å². The van der Waals surface area contributed by atoms with Crippen molar-refractivity contribution in [2.24, 2.45) is 0 Å². The number of nitro benzene ring substituents is 1. The van der Waals surface area contributed by atoms with Crippen LogP contribution in [0.1, 0.15) is 40.4 Å². The summed E-state index contributed by atoms with van der Waals surface area (Å²) in [6.45, 7) is 3.21. The van der Waals surface area contributed by atoms with Crippen LogP contribution in [0.15, 0.2) is 18.2 Å². The highest BCUT2D eigenvalue weighted by Gasteiger charge is 2.29. The van der Waals surface area contributed by atoms with Crippen LogP contribution in [0.25, 0.3) is 0 Å². The zero-order valence-electron chi connectivity index (χ0n) is 15.8. The molecule has 0 N–H and O–H groups in total. The molecular formula is C20H21NO6. The number of aryl methyl sites for hydroxylation is 1. The molecule has 0 aliphatic heterocycles. The molecular weight excluding hydrogens is 350 g/mol. The van der Waals surface area contributed by atoms with E-state index in [2.05, 4.69) is 0 Å². The van der Waals surface area contributed by atoms with Crippen LogP contribution >= 0.6 is 0 Å². The van der Waals surface area contributed by atoms with E-state index in [0.717, 1.165) is 17.5 Å². The molecule has 142 valence electrons. The number of benzene rings is 2. The van der Waals surface area contributed by atoms with Gasteiger partial charge in [0.15, 0.2) is 17.3 Å². The van der Waals surface area contributed by atoms with Crippen molar-refractivity contribution in [2.45, 2.75) is 33.1 Å². The van der Waals surface area contributed by atoms with Gasteiger partial charge in [0.05, 0.1) is 19.1 Å². The van der Waals surface area contributed by atoms with Gasteiger partial charge >= 0.3 is 0 Å². The van der Waals surface area contributed by atoms with Gasteiger partial charge in [-0.25, -0.2) is 0 Å².